The second kappa shape index (κ2) is 6.27. The van der Waals surface area contributed by atoms with E-state index in [-0.39, 0.29) is 0 Å². The van der Waals surface area contributed by atoms with Crippen LogP contribution in [-0.2, 0) is 0 Å². The first kappa shape index (κ1) is 11.9. The summed E-state index contributed by atoms with van der Waals surface area (Å²) in [6, 6.07) is 8.73. The molecule has 16 heavy (non-hydrogen) atoms. The quantitative estimate of drug-likeness (QED) is 0.838. The van der Waals surface area contributed by atoms with Crippen molar-refractivity contribution in [1.29, 1.82) is 0 Å². The van der Waals surface area contributed by atoms with Gasteiger partial charge in [-0.2, -0.15) is 0 Å². The molecule has 1 fully saturated rings. The third kappa shape index (κ3) is 3.80. The highest BCUT2D eigenvalue weighted by Gasteiger charge is 2.11. The molecule has 0 spiro atoms. The molecule has 0 aliphatic heterocycles. The Hall–Kier alpha value is -0.530. The Labute approximate surface area is 103 Å². The van der Waals surface area contributed by atoms with Crippen molar-refractivity contribution in [2.45, 2.75) is 38.1 Å². The van der Waals surface area contributed by atoms with Crippen LogP contribution < -0.4 is 5.32 Å². The molecule has 2 heteroatoms. The SMILES string of the molecule is Clc1cccc([CH]CNC2CCCCC2)c1. The Bertz CT molecular complexity index is 318. The summed E-state index contributed by atoms with van der Waals surface area (Å²) in [5, 5.41) is 4.40. The van der Waals surface area contributed by atoms with Gasteiger partial charge in [-0.05, 0) is 30.5 Å². The number of benzene rings is 1. The minimum atomic E-state index is 0.726. The maximum Gasteiger partial charge on any atom is 0.0408 e. The van der Waals surface area contributed by atoms with Crippen LogP contribution in [0.3, 0.4) is 0 Å². The molecule has 1 aliphatic rings. The van der Waals surface area contributed by atoms with Crippen LogP contribution in [0.4, 0.5) is 0 Å². The molecule has 0 amide bonds. The maximum atomic E-state index is 5.93. The molecule has 1 N–H and O–H groups in total. The molecule has 1 nitrogen and oxygen atoms in total. The van der Waals surface area contributed by atoms with Crippen molar-refractivity contribution in [1.82, 2.24) is 5.32 Å². The number of halogens is 1. The number of hydrogen-bond donors (Lipinski definition) is 1. The van der Waals surface area contributed by atoms with Gasteiger partial charge >= 0.3 is 0 Å². The van der Waals surface area contributed by atoms with Gasteiger partial charge in [0, 0.05) is 24.0 Å². The third-order valence-electron chi connectivity index (χ3n) is 3.20. The zero-order valence-corrected chi connectivity index (χ0v) is 10.3. The Morgan fingerprint density at radius 2 is 2.06 bits per heavy atom. The molecule has 1 aromatic carbocycles. The summed E-state index contributed by atoms with van der Waals surface area (Å²) in [6.07, 6.45) is 9.06. The first-order valence-corrected chi connectivity index (χ1v) is 6.54. The topological polar surface area (TPSA) is 12.0 Å². The van der Waals surface area contributed by atoms with E-state index in [9.17, 15) is 0 Å². The van der Waals surface area contributed by atoms with E-state index >= 15 is 0 Å². The van der Waals surface area contributed by atoms with Crippen LogP contribution >= 0.6 is 11.6 Å². The fourth-order valence-electron chi connectivity index (χ4n) is 2.28. The summed E-state index contributed by atoms with van der Waals surface area (Å²) < 4.78 is 0. The van der Waals surface area contributed by atoms with Gasteiger partial charge < -0.3 is 5.32 Å². The minimum Gasteiger partial charge on any atom is -0.313 e. The van der Waals surface area contributed by atoms with Gasteiger partial charge in [0.05, 0.1) is 0 Å². The Morgan fingerprint density at radius 1 is 1.25 bits per heavy atom. The average Bonchev–Trinajstić information content (AvgIpc) is 2.30. The Morgan fingerprint density at radius 3 is 2.81 bits per heavy atom. The zero-order valence-electron chi connectivity index (χ0n) is 9.58. The van der Waals surface area contributed by atoms with Gasteiger partial charge in [-0.3, -0.25) is 0 Å². The van der Waals surface area contributed by atoms with E-state index in [1.807, 2.05) is 18.2 Å². The van der Waals surface area contributed by atoms with Crippen molar-refractivity contribution in [2.75, 3.05) is 6.54 Å². The lowest BCUT2D eigenvalue weighted by molar-refractivity contribution is 0.383. The third-order valence-corrected chi connectivity index (χ3v) is 3.43. The van der Waals surface area contributed by atoms with Crippen LogP contribution in [-0.4, -0.2) is 12.6 Å². The predicted molar refractivity (Wildman–Crippen MR) is 69.7 cm³/mol. The second-order valence-electron chi connectivity index (χ2n) is 4.50. The molecule has 0 aromatic heterocycles. The highest BCUT2D eigenvalue weighted by Crippen LogP contribution is 2.17. The molecular weight excluding hydrogens is 218 g/mol. The lowest BCUT2D eigenvalue weighted by Crippen LogP contribution is -2.31. The van der Waals surface area contributed by atoms with Gasteiger partial charge in [0.15, 0.2) is 0 Å². The fraction of sp³-hybridized carbons (Fsp3) is 0.500. The van der Waals surface area contributed by atoms with Gasteiger partial charge in [-0.15, -0.1) is 0 Å². The predicted octanol–water partition coefficient (Wildman–Crippen LogP) is 3.81. The van der Waals surface area contributed by atoms with Crippen molar-refractivity contribution in [2.24, 2.45) is 0 Å². The van der Waals surface area contributed by atoms with Crippen LogP contribution in [0.25, 0.3) is 0 Å². The van der Waals surface area contributed by atoms with E-state index in [0.29, 0.717) is 0 Å². The minimum absolute atomic E-state index is 0.726. The van der Waals surface area contributed by atoms with E-state index < -0.39 is 0 Å². The summed E-state index contributed by atoms with van der Waals surface area (Å²) in [6.45, 7) is 0.949. The molecule has 1 aliphatic carbocycles. The highest BCUT2D eigenvalue weighted by molar-refractivity contribution is 6.30. The Balaban J connectivity index is 1.71. The molecule has 1 saturated carbocycles. The number of hydrogen-bond acceptors (Lipinski definition) is 1. The van der Waals surface area contributed by atoms with Crippen molar-refractivity contribution in [3.63, 3.8) is 0 Å². The van der Waals surface area contributed by atoms with Crippen LogP contribution in [0.2, 0.25) is 5.02 Å². The number of rotatable bonds is 4. The zero-order chi connectivity index (χ0) is 11.2. The van der Waals surface area contributed by atoms with Crippen molar-refractivity contribution in [3.05, 3.63) is 41.3 Å². The molecule has 0 bridgehead atoms. The molecule has 1 radical (unpaired) electrons. The summed E-state index contributed by atoms with van der Waals surface area (Å²) >= 11 is 5.93. The molecule has 0 heterocycles. The Kier molecular flexibility index (Phi) is 4.68. The van der Waals surface area contributed by atoms with Crippen LogP contribution in [0.1, 0.15) is 37.7 Å². The van der Waals surface area contributed by atoms with Crippen LogP contribution in [0, 0.1) is 6.42 Å². The lowest BCUT2D eigenvalue weighted by Gasteiger charge is -2.22. The normalized spacial score (nSPS) is 17.6. The number of nitrogens with one attached hydrogen (secondary N) is 1. The molecule has 87 valence electrons. The van der Waals surface area contributed by atoms with Crippen LogP contribution in [0.5, 0.6) is 0 Å². The van der Waals surface area contributed by atoms with E-state index in [0.717, 1.165) is 17.6 Å². The van der Waals surface area contributed by atoms with Gasteiger partial charge in [0.1, 0.15) is 0 Å². The summed E-state index contributed by atoms with van der Waals surface area (Å²) in [7, 11) is 0. The fourth-order valence-corrected chi connectivity index (χ4v) is 2.48. The summed E-state index contributed by atoms with van der Waals surface area (Å²) in [4.78, 5) is 0. The highest BCUT2D eigenvalue weighted by atomic mass is 35.5. The molecular formula is C14H19ClN. The first-order valence-electron chi connectivity index (χ1n) is 6.17. The van der Waals surface area contributed by atoms with Gasteiger partial charge in [-0.25, -0.2) is 0 Å². The van der Waals surface area contributed by atoms with Crippen LogP contribution in [0.15, 0.2) is 24.3 Å². The monoisotopic (exact) mass is 236 g/mol. The van der Waals surface area contributed by atoms with Crippen molar-refractivity contribution >= 4 is 11.6 Å². The smallest absolute Gasteiger partial charge is 0.0408 e. The molecule has 0 unspecified atom stereocenters. The van der Waals surface area contributed by atoms with Crippen molar-refractivity contribution < 1.29 is 0 Å². The molecule has 2 rings (SSSR count). The van der Waals surface area contributed by atoms with Gasteiger partial charge in [0.25, 0.3) is 0 Å². The van der Waals surface area contributed by atoms with E-state index in [2.05, 4.69) is 17.8 Å². The standard InChI is InChI=1S/C14H19ClN/c15-13-6-4-5-12(11-13)9-10-16-14-7-2-1-3-8-14/h4-6,9,11,14,16H,1-3,7-8,10H2. The lowest BCUT2D eigenvalue weighted by atomic mass is 9.95. The van der Waals surface area contributed by atoms with E-state index in [4.69, 9.17) is 11.6 Å². The van der Waals surface area contributed by atoms with Gasteiger partial charge in [-0.1, -0.05) is 43.0 Å². The van der Waals surface area contributed by atoms with E-state index in [1.165, 1.54) is 37.7 Å². The first-order chi connectivity index (χ1) is 7.84. The van der Waals surface area contributed by atoms with Crippen molar-refractivity contribution in [3.8, 4) is 0 Å². The molecule has 0 saturated heterocycles. The second-order valence-corrected chi connectivity index (χ2v) is 4.94. The maximum absolute atomic E-state index is 5.93. The van der Waals surface area contributed by atoms with E-state index in [1.54, 1.807) is 0 Å². The summed E-state index contributed by atoms with van der Waals surface area (Å²) in [5.74, 6) is 0. The molecule has 1 aromatic rings. The summed E-state index contributed by atoms with van der Waals surface area (Å²) in [5.41, 5.74) is 1.20. The van der Waals surface area contributed by atoms with Gasteiger partial charge in [0.2, 0.25) is 0 Å². The molecule has 0 atom stereocenters. The average molecular weight is 237 g/mol. The largest absolute Gasteiger partial charge is 0.313 e.